The first-order valence-corrected chi connectivity index (χ1v) is 5.85. The van der Waals surface area contributed by atoms with Crippen LogP contribution in [0.25, 0.3) is 0 Å². The summed E-state index contributed by atoms with van der Waals surface area (Å²) >= 11 is 5.98. The van der Waals surface area contributed by atoms with E-state index in [2.05, 4.69) is 4.98 Å². The standard InChI is InChI=1S/C13H15ClN2O/c1-9-5-10(7-11(14)6-9)12(17)8-13-15-3-4-16(13)2/h3-7,12,17H,8H2,1-2H3. The van der Waals surface area contributed by atoms with Crippen LogP contribution in [0.3, 0.4) is 0 Å². The zero-order valence-corrected chi connectivity index (χ0v) is 10.6. The van der Waals surface area contributed by atoms with E-state index in [1.165, 1.54) is 0 Å². The average Bonchev–Trinajstić information content (AvgIpc) is 2.63. The Morgan fingerprint density at radius 3 is 2.76 bits per heavy atom. The highest BCUT2D eigenvalue weighted by molar-refractivity contribution is 6.30. The largest absolute Gasteiger partial charge is 0.388 e. The van der Waals surface area contributed by atoms with Crippen LogP contribution in [0.2, 0.25) is 5.02 Å². The molecule has 1 unspecified atom stereocenters. The summed E-state index contributed by atoms with van der Waals surface area (Å²) in [5, 5.41) is 10.8. The predicted octanol–water partition coefficient (Wildman–Crippen LogP) is 2.66. The molecule has 2 aromatic rings. The highest BCUT2D eigenvalue weighted by atomic mass is 35.5. The second-order valence-corrected chi connectivity index (χ2v) is 4.67. The van der Waals surface area contributed by atoms with E-state index in [1.807, 2.05) is 36.9 Å². The number of halogens is 1. The van der Waals surface area contributed by atoms with E-state index in [0.717, 1.165) is 17.0 Å². The minimum Gasteiger partial charge on any atom is -0.388 e. The number of aliphatic hydroxyl groups excluding tert-OH is 1. The minimum absolute atomic E-state index is 0.489. The molecule has 1 atom stereocenters. The normalized spacial score (nSPS) is 12.7. The molecule has 0 radical (unpaired) electrons. The minimum atomic E-state index is -0.575. The molecular formula is C13H15ClN2O. The van der Waals surface area contributed by atoms with Crippen LogP contribution in [0.1, 0.15) is 23.1 Å². The monoisotopic (exact) mass is 250 g/mol. The number of rotatable bonds is 3. The molecule has 17 heavy (non-hydrogen) atoms. The Labute approximate surface area is 106 Å². The Morgan fingerprint density at radius 2 is 2.18 bits per heavy atom. The van der Waals surface area contributed by atoms with Crippen LogP contribution in [0, 0.1) is 6.92 Å². The number of benzene rings is 1. The van der Waals surface area contributed by atoms with Crippen molar-refractivity contribution < 1.29 is 5.11 Å². The van der Waals surface area contributed by atoms with Gasteiger partial charge < -0.3 is 9.67 Å². The van der Waals surface area contributed by atoms with E-state index < -0.39 is 6.10 Å². The molecule has 1 N–H and O–H groups in total. The Kier molecular flexibility index (Phi) is 3.50. The van der Waals surface area contributed by atoms with Crippen LogP contribution >= 0.6 is 11.6 Å². The molecule has 2 rings (SSSR count). The van der Waals surface area contributed by atoms with Gasteiger partial charge in [-0.25, -0.2) is 4.98 Å². The van der Waals surface area contributed by atoms with Crippen molar-refractivity contribution in [3.8, 4) is 0 Å². The molecule has 3 nitrogen and oxygen atoms in total. The van der Waals surface area contributed by atoms with Crippen molar-refractivity contribution in [1.82, 2.24) is 9.55 Å². The van der Waals surface area contributed by atoms with E-state index >= 15 is 0 Å². The highest BCUT2D eigenvalue weighted by Gasteiger charge is 2.12. The van der Waals surface area contributed by atoms with Gasteiger partial charge in [0.05, 0.1) is 6.10 Å². The van der Waals surface area contributed by atoms with Crippen LogP contribution in [0.5, 0.6) is 0 Å². The fraction of sp³-hybridized carbons (Fsp3) is 0.308. The quantitative estimate of drug-likeness (QED) is 0.910. The van der Waals surface area contributed by atoms with Crippen LogP contribution in [-0.4, -0.2) is 14.7 Å². The summed E-state index contributed by atoms with van der Waals surface area (Å²) in [5.41, 5.74) is 1.88. The topological polar surface area (TPSA) is 38.1 Å². The maximum Gasteiger partial charge on any atom is 0.111 e. The van der Waals surface area contributed by atoms with Gasteiger partial charge in [0.1, 0.15) is 5.82 Å². The lowest BCUT2D eigenvalue weighted by atomic mass is 10.0. The third-order valence-corrected chi connectivity index (χ3v) is 2.96. The lowest BCUT2D eigenvalue weighted by Crippen LogP contribution is -2.06. The van der Waals surface area contributed by atoms with Crippen molar-refractivity contribution in [2.75, 3.05) is 0 Å². The van der Waals surface area contributed by atoms with Crippen molar-refractivity contribution >= 4 is 11.6 Å². The molecule has 0 aliphatic rings. The van der Waals surface area contributed by atoms with Crippen molar-refractivity contribution in [2.45, 2.75) is 19.4 Å². The Morgan fingerprint density at radius 1 is 1.41 bits per heavy atom. The number of nitrogens with zero attached hydrogens (tertiary/aromatic N) is 2. The van der Waals surface area contributed by atoms with Crippen molar-refractivity contribution in [3.05, 3.63) is 52.6 Å². The Bertz CT molecular complexity index is 502. The van der Waals surface area contributed by atoms with Gasteiger partial charge in [0.15, 0.2) is 0 Å². The zero-order chi connectivity index (χ0) is 12.4. The molecule has 1 aromatic heterocycles. The lowest BCUT2D eigenvalue weighted by molar-refractivity contribution is 0.175. The summed E-state index contributed by atoms with van der Waals surface area (Å²) < 4.78 is 1.90. The van der Waals surface area contributed by atoms with Gasteiger partial charge in [-0.15, -0.1) is 0 Å². The molecule has 4 heteroatoms. The van der Waals surface area contributed by atoms with E-state index in [0.29, 0.717) is 11.4 Å². The predicted molar refractivity (Wildman–Crippen MR) is 68.1 cm³/mol. The molecule has 0 saturated carbocycles. The number of imidazole rings is 1. The van der Waals surface area contributed by atoms with Gasteiger partial charge in [0.25, 0.3) is 0 Å². The first-order chi connectivity index (χ1) is 8.06. The first-order valence-electron chi connectivity index (χ1n) is 5.47. The molecule has 0 spiro atoms. The smallest absolute Gasteiger partial charge is 0.111 e. The van der Waals surface area contributed by atoms with E-state index in [1.54, 1.807) is 12.3 Å². The lowest BCUT2D eigenvalue weighted by Gasteiger charge is -2.12. The number of aliphatic hydroxyl groups is 1. The third kappa shape index (κ3) is 2.87. The average molecular weight is 251 g/mol. The van der Waals surface area contributed by atoms with E-state index in [4.69, 9.17) is 11.6 Å². The summed E-state index contributed by atoms with van der Waals surface area (Å²) in [6.45, 7) is 1.96. The summed E-state index contributed by atoms with van der Waals surface area (Å²) in [6, 6.07) is 5.61. The fourth-order valence-electron chi connectivity index (χ4n) is 1.84. The van der Waals surface area contributed by atoms with Crippen LogP contribution < -0.4 is 0 Å². The SMILES string of the molecule is Cc1cc(Cl)cc(C(O)Cc2nccn2C)c1. The Hall–Kier alpha value is -1.32. The van der Waals surface area contributed by atoms with Crippen LogP contribution in [-0.2, 0) is 13.5 Å². The van der Waals surface area contributed by atoms with Gasteiger partial charge in [-0.2, -0.15) is 0 Å². The van der Waals surface area contributed by atoms with Crippen LogP contribution in [0.15, 0.2) is 30.6 Å². The zero-order valence-electron chi connectivity index (χ0n) is 9.89. The number of aromatic nitrogens is 2. The summed E-state index contributed by atoms with van der Waals surface area (Å²) in [4.78, 5) is 4.20. The molecular weight excluding hydrogens is 236 g/mol. The van der Waals surface area contributed by atoms with Gasteiger partial charge in [0.2, 0.25) is 0 Å². The second-order valence-electron chi connectivity index (χ2n) is 4.24. The van der Waals surface area contributed by atoms with Gasteiger partial charge in [-0.05, 0) is 30.2 Å². The second kappa shape index (κ2) is 4.90. The molecule has 0 bridgehead atoms. The molecule has 0 saturated heterocycles. The van der Waals surface area contributed by atoms with Gasteiger partial charge in [-0.1, -0.05) is 17.7 Å². The van der Waals surface area contributed by atoms with Crippen molar-refractivity contribution in [2.24, 2.45) is 7.05 Å². The first kappa shape index (κ1) is 12.1. The molecule has 0 aliphatic carbocycles. The molecule has 0 amide bonds. The molecule has 1 heterocycles. The van der Waals surface area contributed by atoms with Gasteiger partial charge >= 0.3 is 0 Å². The summed E-state index contributed by atoms with van der Waals surface area (Å²) in [5.74, 6) is 0.857. The van der Waals surface area contributed by atoms with Gasteiger partial charge in [-0.3, -0.25) is 0 Å². The maximum atomic E-state index is 10.2. The number of hydrogen-bond acceptors (Lipinski definition) is 2. The van der Waals surface area contributed by atoms with Crippen LogP contribution in [0.4, 0.5) is 0 Å². The Balaban J connectivity index is 2.20. The fourth-order valence-corrected chi connectivity index (χ4v) is 2.14. The van der Waals surface area contributed by atoms with E-state index in [-0.39, 0.29) is 0 Å². The van der Waals surface area contributed by atoms with Crippen molar-refractivity contribution in [1.29, 1.82) is 0 Å². The molecule has 0 aliphatic heterocycles. The number of hydrogen-bond donors (Lipinski definition) is 1. The number of aryl methyl sites for hydroxylation is 2. The maximum absolute atomic E-state index is 10.2. The summed E-state index contributed by atoms with van der Waals surface area (Å²) in [6.07, 6.45) is 3.51. The van der Waals surface area contributed by atoms with E-state index in [9.17, 15) is 5.11 Å². The molecule has 0 fully saturated rings. The third-order valence-electron chi connectivity index (χ3n) is 2.75. The highest BCUT2D eigenvalue weighted by Crippen LogP contribution is 2.22. The van der Waals surface area contributed by atoms with Crippen molar-refractivity contribution in [3.63, 3.8) is 0 Å². The summed E-state index contributed by atoms with van der Waals surface area (Å²) in [7, 11) is 1.91. The van der Waals surface area contributed by atoms with Gasteiger partial charge in [0, 0.05) is 30.9 Å². The molecule has 90 valence electrons. The molecule has 1 aromatic carbocycles.